The first-order valence-corrected chi connectivity index (χ1v) is 12.9. The standard InChI is InChI=1S/C22H29N3O3S2/c1-17-6-11-21(29-17)30(27,28)25-14-4-5-19(16-25)22(26)23-15-18-7-9-20(10-8-18)24-12-2-3-13-24/h6-11,19H,2-5,12-16H2,1H3,(H,23,26)/t19-/m1/s1. The Balaban J connectivity index is 1.33. The van der Waals surface area contributed by atoms with Crippen molar-refractivity contribution in [2.45, 2.75) is 43.4 Å². The van der Waals surface area contributed by atoms with Crippen molar-refractivity contribution in [3.63, 3.8) is 0 Å². The predicted octanol–water partition coefficient (Wildman–Crippen LogP) is 3.37. The monoisotopic (exact) mass is 447 g/mol. The van der Waals surface area contributed by atoms with Gasteiger partial charge in [0.2, 0.25) is 5.91 Å². The topological polar surface area (TPSA) is 69.7 Å². The molecule has 0 saturated carbocycles. The van der Waals surface area contributed by atoms with Gasteiger partial charge in [0.25, 0.3) is 10.0 Å². The van der Waals surface area contributed by atoms with Crippen LogP contribution in [0.5, 0.6) is 0 Å². The molecule has 1 atom stereocenters. The molecule has 1 aromatic carbocycles. The maximum absolute atomic E-state index is 12.9. The largest absolute Gasteiger partial charge is 0.372 e. The van der Waals surface area contributed by atoms with Crippen LogP contribution in [0.2, 0.25) is 0 Å². The molecule has 2 saturated heterocycles. The Morgan fingerprint density at radius 2 is 1.80 bits per heavy atom. The lowest BCUT2D eigenvalue weighted by molar-refractivity contribution is -0.126. The zero-order valence-corrected chi connectivity index (χ0v) is 19.0. The van der Waals surface area contributed by atoms with E-state index in [4.69, 9.17) is 0 Å². The lowest BCUT2D eigenvalue weighted by Crippen LogP contribution is -2.45. The summed E-state index contributed by atoms with van der Waals surface area (Å²) in [5, 5.41) is 3.00. The quantitative estimate of drug-likeness (QED) is 0.737. The normalized spacial score (nSPS) is 20.4. The molecule has 0 aliphatic carbocycles. The van der Waals surface area contributed by atoms with Gasteiger partial charge in [0.05, 0.1) is 5.92 Å². The fourth-order valence-electron chi connectivity index (χ4n) is 4.19. The van der Waals surface area contributed by atoms with Gasteiger partial charge in [0.1, 0.15) is 4.21 Å². The molecule has 2 aliphatic heterocycles. The van der Waals surface area contributed by atoms with Crippen LogP contribution in [0.15, 0.2) is 40.6 Å². The number of piperidine rings is 1. The number of sulfonamides is 1. The molecule has 3 heterocycles. The Hall–Kier alpha value is -1.90. The van der Waals surface area contributed by atoms with Crippen LogP contribution in [0.3, 0.4) is 0 Å². The fourth-order valence-corrected chi connectivity index (χ4v) is 7.15. The van der Waals surface area contributed by atoms with Crippen LogP contribution in [0.1, 0.15) is 36.1 Å². The number of anilines is 1. The third kappa shape index (κ3) is 4.71. The summed E-state index contributed by atoms with van der Waals surface area (Å²) in [6.45, 7) is 5.31. The highest BCUT2D eigenvalue weighted by Gasteiger charge is 2.33. The average Bonchev–Trinajstić information content (AvgIpc) is 3.45. The summed E-state index contributed by atoms with van der Waals surface area (Å²) in [6, 6.07) is 11.8. The van der Waals surface area contributed by atoms with E-state index < -0.39 is 10.0 Å². The molecule has 1 N–H and O–H groups in total. The first-order chi connectivity index (χ1) is 14.4. The van der Waals surface area contributed by atoms with Crippen LogP contribution >= 0.6 is 11.3 Å². The van der Waals surface area contributed by atoms with Crippen molar-refractivity contribution in [1.82, 2.24) is 9.62 Å². The van der Waals surface area contributed by atoms with Crippen LogP contribution < -0.4 is 10.2 Å². The van der Waals surface area contributed by atoms with Crippen molar-refractivity contribution in [2.75, 3.05) is 31.1 Å². The Morgan fingerprint density at radius 3 is 2.47 bits per heavy atom. The van der Waals surface area contributed by atoms with E-state index in [0.717, 1.165) is 30.0 Å². The summed E-state index contributed by atoms with van der Waals surface area (Å²) in [7, 11) is -3.52. The number of carbonyl (C=O) groups excluding carboxylic acids is 1. The first-order valence-electron chi connectivity index (χ1n) is 10.6. The lowest BCUT2D eigenvalue weighted by Gasteiger charge is -2.30. The number of rotatable bonds is 6. The van der Waals surface area contributed by atoms with E-state index in [1.165, 1.54) is 34.2 Å². The first kappa shape index (κ1) is 21.3. The molecule has 0 spiro atoms. The van der Waals surface area contributed by atoms with E-state index >= 15 is 0 Å². The summed E-state index contributed by atoms with van der Waals surface area (Å²) >= 11 is 1.28. The van der Waals surface area contributed by atoms with Crippen molar-refractivity contribution in [1.29, 1.82) is 0 Å². The van der Waals surface area contributed by atoms with Gasteiger partial charge in [-0.25, -0.2) is 8.42 Å². The number of hydrogen-bond acceptors (Lipinski definition) is 5. The molecule has 162 valence electrons. The van der Waals surface area contributed by atoms with Gasteiger partial charge in [0.15, 0.2) is 0 Å². The van der Waals surface area contributed by atoms with Gasteiger partial charge in [-0.3, -0.25) is 4.79 Å². The van der Waals surface area contributed by atoms with Crippen molar-refractivity contribution in [3.05, 3.63) is 46.8 Å². The number of hydrogen-bond donors (Lipinski definition) is 1. The molecule has 6 nitrogen and oxygen atoms in total. The van der Waals surface area contributed by atoms with E-state index in [1.807, 2.05) is 13.0 Å². The maximum atomic E-state index is 12.9. The van der Waals surface area contributed by atoms with Gasteiger partial charge < -0.3 is 10.2 Å². The van der Waals surface area contributed by atoms with Crippen molar-refractivity contribution >= 4 is 33.0 Å². The summed E-state index contributed by atoms with van der Waals surface area (Å²) in [4.78, 5) is 16.1. The van der Waals surface area contributed by atoms with Crippen LogP contribution in [0.4, 0.5) is 5.69 Å². The summed E-state index contributed by atoms with van der Waals surface area (Å²) in [5.41, 5.74) is 2.29. The number of amides is 1. The summed E-state index contributed by atoms with van der Waals surface area (Å²) < 4.78 is 27.6. The molecule has 0 radical (unpaired) electrons. The SMILES string of the molecule is Cc1ccc(S(=O)(=O)N2CCC[C@@H](C(=O)NCc3ccc(N4CCCC4)cc3)C2)s1. The van der Waals surface area contributed by atoms with Gasteiger partial charge in [-0.05, 0) is 62.4 Å². The van der Waals surface area contributed by atoms with Gasteiger partial charge in [-0.2, -0.15) is 4.31 Å². The third-order valence-electron chi connectivity index (χ3n) is 5.94. The highest BCUT2D eigenvalue weighted by molar-refractivity contribution is 7.91. The van der Waals surface area contributed by atoms with E-state index in [-0.39, 0.29) is 18.4 Å². The molecule has 1 amide bonds. The van der Waals surface area contributed by atoms with Crippen molar-refractivity contribution in [3.8, 4) is 0 Å². The molecule has 2 aliphatic rings. The predicted molar refractivity (Wildman–Crippen MR) is 120 cm³/mol. The fraction of sp³-hybridized carbons (Fsp3) is 0.500. The molecule has 0 bridgehead atoms. The second-order valence-corrected chi connectivity index (χ2v) is 11.6. The number of nitrogens with one attached hydrogen (secondary N) is 1. The summed E-state index contributed by atoms with van der Waals surface area (Å²) in [6.07, 6.45) is 3.91. The molecule has 30 heavy (non-hydrogen) atoms. The minimum absolute atomic E-state index is 0.0686. The molecular weight excluding hydrogens is 418 g/mol. The van der Waals surface area contributed by atoms with Gasteiger partial charge in [0, 0.05) is 43.3 Å². The average molecular weight is 448 g/mol. The Morgan fingerprint density at radius 1 is 1.07 bits per heavy atom. The molecule has 1 aromatic heterocycles. The van der Waals surface area contributed by atoms with E-state index in [9.17, 15) is 13.2 Å². The minimum Gasteiger partial charge on any atom is -0.372 e. The smallest absolute Gasteiger partial charge is 0.252 e. The van der Waals surface area contributed by atoms with Crippen LogP contribution in [0.25, 0.3) is 0 Å². The number of aryl methyl sites for hydroxylation is 1. The minimum atomic E-state index is -3.52. The van der Waals surface area contributed by atoms with E-state index in [1.54, 1.807) is 6.07 Å². The van der Waals surface area contributed by atoms with E-state index in [2.05, 4.69) is 34.5 Å². The second kappa shape index (κ2) is 9.08. The van der Waals surface area contributed by atoms with Crippen LogP contribution in [-0.4, -0.2) is 44.8 Å². The zero-order chi connectivity index (χ0) is 21.1. The Labute approximate surface area is 182 Å². The summed E-state index contributed by atoms with van der Waals surface area (Å²) in [5.74, 6) is -0.376. The van der Waals surface area contributed by atoms with Crippen molar-refractivity contribution in [2.24, 2.45) is 5.92 Å². The second-order valence-electron chi connectivity index (χ2n) is 8.15. The highest BCUT2D eigenvalue weighted by Crippen LogP contribution is 2.28. The highest BCUT2D eigenvalue weighted by atomic mass is 32.2. The maximum Gasteiger partial charge on any atom is 0.252 e. The molecular formula is C22H29N3O3S2. The Bertz CT molecular complexity index is 979. The number of thiophene rings is 1. The van der Waals surface area contributed by atoms with Crippen LogP contribution in [-0.2, 0) is 21.4 Å². The van der Waals surface area contributed by atoms with Gasteiger partial charge >= 0.3 is 0 Å². The number of carbonyl (C=O) groups is 1. The molecule has 2 aromatic rings. The number of nitrogens with zero attached hydrogens (tertiary/aromatic N) is 2. The van der Waals surface area contributed by atoms with Gasteiger partial charge in [-0.15, -0.1) is 11.3 Å². The molecule has 8 heteroatoms. The zero-order valence-electron chi connectivity index (χ0n) is 17.3. The Kier molecular flexibility index (Phi) is 6.46. The number of benzene rings is 1. The van der Waals surface area contributed by atoms with E-state index in [0.29, 0.717) is 23.7 Å². The van der Waals surface area contributed by atoms with Crippen molar-refractivity contribution < 1.29 is 13.2 Å². The molecule has 4 rings (SSSR count). The van der Waals surface area contributed by atoms with Gasteiger partial charge in [-0.1, -0.05) is 12.1 Å². The van der Waals surface area contributed by atoms with Crippen LogP contribution in [0, 0.1) is 12.8 Å². The third-order valence-corrected chi connectivity index (χ3v) is 9.27. The molecule has 0 unspecified atom stereocenters. The lowest BCUT2D eigenvalue weighted by atomic mass is 9.99. The molecule has 2 fully saturated rings.